The Morgan fingerprint density at radius 3 is 2.73 bits per heavy atom. The largest absolute Gasteiger partial charge is 0.394 e. The van der Waals surface area contributed by atoms with Gasteiger partial charge in [-0.25, -0.2) is 19.7 Å². The predicted octanol–water partition coefficient (Wildman–Crippen LogP) is 0.298. The minimum atomic E-state index is -1.35. The summed E-state index contributed by atoms with van der Waals surface area (Å²) >= 11 is 0. The van der Waals surface area contributed by atoms with E-state index in [4.69, 9.17) is 15.6 Å². The van der Waals surface area contributed by atoms with Crippen molar-refractivity contribution in [1.29, 1.82) is 5.26 Å². The Kier molecular flexibility index (Phi) is 8.12. The maximum Gasteiger partial charge on any atom is 0.354 e. The summed E-state index contributed by atoms with van der Waals surface area (Å²) in [6.07, 6.45) is 9.03. The minimum absolute atomic E-state index is 0.166. The first-order valence-electron chi connectivity index (χ1n) is 12.9. The zero-order chi connectivity index (χ0) is 28.2. The van der Waals surface area contributed by atoms with Crippen molar-refractivity contribution in [2.24, 2.45) is 5.92 Å². The number of H-pyrrole nitrogens is 1. The number of aromatic amines is 1. The highest BCUT2D eigenvalue weighted by atomic mass is 16.6. The molecule has 0 spiro atoms. The summed E-state index contributed by atoms with van der Waals surface area (Å²) in [5.41, 5.74) is 7.13. The van der Waals surface area contributed by atoms with Gasteiger partial charge in [-0.3, -0.25) is 9.25 Å². The monoisotopic (exact) mass is 550 g/mol. The molecule has 5 heterocycles. The Hall–Kier alpha value is -4.23. The molecule has 40 heavy (non-hydrogen) atoms. The molecule has 4 aromatic rings. The molecule has 2 fully saturated rings. The Morgan fingerprint density at radius 1 is 1.23 bits per heavy atom. The van der Waals surface area contributed by atoms with E-state index in [2.05, 4.69) is 36.1 Å². The van der Waals surface area contributed by atoms with Gasteiger partial charge in [-0.2, -0.15) is 15.3 Å². The smallest absolute Gasteiger partial charge is 0.354 e. The fourth-order valence-electron chi connectivity index (χ4n) is 5.30. The van der Waals surface area contributed by atoms with Crippen molar-refractivity contribution >= 4 is 17.0 Å². The van der Waals surface area contributed by atoms with Crippen LogP contribution in [0.25, 0.3) is 22.3 Å². The van der Waals surface area contributed by atoms with E-state index in [9.17, 15) is 20.3 Å². The average molecular weight is 551 g/mol. The number of hydrogen-bond acceptors (Lipinski definition) is 12. The standard InChI is InChI=1S/C17H18N6.C8H12N4O5/c18-7-5-15(12-3-1-2-4-12)23-10-13(9-22-23)16-14-6-8-19-17(14)21-11-20-16;9-7-10-2-12(8(16)11-7)6-5(15)4(14)3(1-13)17-6/h6,8-12,15H,1-5H2,(H,19,20,21);2-6,13-15H,1H2,(H2,9,11,16)/t15-;3-,4-,5-,6-/m11/s1. The molecule has 15 heteroatoms. The van der Waals surface area contributed by atoms with E-state index < -0.39 is 36.8 Å². The van der Waals surface area contributed by atoms with Crippen molar-refractivity contribution in [2.75, 3.05) is 12.3 Å². The highest BCUT2D eigenvalue weighted by Gasteiger charge is 2.43. The van der Waals surface area contributed by atoms with Crippen LogP contribution in [0.5, 0.6) is 0 Å². The Labute approximate surface area is 227 Å². The van der Waals surface area contributed by atoms with Crippen molar-refractivity contribution in [2.45, 2.75) is 62.7 Å². The first kappa shape index (κ1) is 27.3. The highest BCUT2D eigenvalue weighted by molar-refractivity contribution is 5.89. The number of nitrogens with one attached hydrogen (secondary N) is 1. The molecule has 2 aliphatic rings. The second-order valence-electron chi connectivity index (χ2n) is 9.78. The molecule has 5 atom stereocenters. The zero-order valence-corrected chi connectivity index (χ0v) is 21.5. The molecule has 1 aliphatic carbocycles. The van der Waals surface area contributed by atoms with Crippen LogP contribution in [0.4, 0.5) is 5.95 Å². The van der Waals surface area contributed by atoms with Crippen LogP contribution in [0.2, 0.25) is 0 Å². The zero-order valence-electron chi connectivity index (χ0n) is 21.5. The summed E-state index contributed by atoms with van der Waals surface area (Å²) in [4.78, 5) is 30.2. The van der Waals surface area contributed by atoms with Gasteiger partial charge in [0.2, 0.25) is 5.95 Å². The fourth-order valence-corrected chi connectivity index (χ4v) is 5.30. The number of aliphatic hydroxyl groups is 3. The van der Waals surface area contributed by atoms with E-state index in [1.807, 2.05) is 29.3 Å². The number of rotatable bonds is 6. The van der Waals surface area contributed by atoms with Crippen LogP contribution < -0.4 is 11.4 Å². The third kappa shape index (κ3) is 5.42. The number of nitrogens with zero attached hydrogens (tertiary/aromatic N) is 8. The van der Waals surface area contributed by atoms with Crippen LogP contribution in [0.1, 0.15) is 44.4 Å². The predicted molar refractivity (Wildman–Crippen MR) is 140 cm³/mol. The van der Waals surface area contributed by atoms with E-state index >= 15 is 0 Å². The van der Waals surface area contributed by atoms with E-state index in [1.54, 1.807) is 6.33 Å². The fraction of sp³-hybridized carbons (Fsp3) is 0.480. The summed E-state index contributed by atoms with van der Waals surface area (Å²) in [5, 5.41) is 42.8. The molecule has 15 nitrogen and oxygen atoms in total. The molecule has 6 N–H and O–H groups in total. The van der Waals surface area contributed by atoms with Crippen LogP contribution >= 0.6 is 0 Å². The van der Waals surface area contributed by atoms with Crippen LogP contribution in [0, 0.1) is 17.2 Å². The lowest BCUT2D eigenvalue weighted by Crippen LogP contribution is -2.36. The van der Waals surface area contributed by atoms with Gasteiger partial charge in [-0.1, -0.05) is 12.8 Å². The molecule has 210 valence electrons. The lowest BCUT2D eigenvalue weighted by Gasteiger charge is -2.21. The third-order valence-corrected chi connectivity index (χ3v) is 7.35. The number of aliphatic hydroxyl groups excluding tert-OH is 3. The third-order valence-electron chi connectivity index (χ3n) is 7.35. The second kappa shape index (κ2) is 11.9. The number of ether oxygens (including phenoxy) is 1. The summed E-state index contributed by atoms with van der Waals surface area (Å²) in [5.74, 6) is 0.359. The molecule has 0 aromatic carbocycles. The SMILES string of the molecule is N#CC[C@H](C1CCCC1)n1cc(-c2ncnc3[nH]ccc23)cn1.Nc1ncn([C@@H]2O[C@H](CO)[C@@H](O)[C@H]2O)c(=O)n1. The maximum atomic E-state index is 11.5. The van der Waals surface area contributed by atoms with Crippen molar-refractivity contribution in [1.82, 2.24) is 39.3 Å². The molecule has 0 bridgehead atoms. The lowest BCUT2D eigenvalue weighted by molar-refractivity contribution is -0.0554. The van der Waals surface area contributed by atoms with Gasteiger partial charge in [0.05, 0.1) is 37.0 Å². The minimum Gasteiger partial charge on any atom is -0.394 e. The molecule has 0 amide bonds. The number of anilines is 1. The van der Waals surface area contributed by atoms with Gasteiger partial charge in [-0.05, 0) is 24.8 Å². The average Bonchev–Trinajstić information content (AvgIpc) is 3.77. The van der Waals surface area contributed by atoms with Crippen molar-refractivity contribution in [3.8, 4) is 17.3 Å². The molecule has 0 radical (unpaired) electrons. The molecule has 0 unspecified atom stereocenters. The molecule has 4 aromatic heterocycles. The summed E-state index contributed by atoms with van der Waals surface area (Å²) < 4.78 is 8.00. The van der Waals surface area contributed by atoms with Gasteiger partial charge in [0.25, 0.3) is 0 Å². The molecule has 6 rings (SSSR count). The molecular weight excluding hydrogens is 520 g/mol. The van der Waals surface area contributed by atoms with Crippen LogP contribution in [-0.2, 0) is 4.74 Å². The first-order valence-corrected chi connectivity index (χ1v) is 12.9. The van der Waals surface area contributed by atoms with Crippen LogP contribution in [-0.4, -0.2) is 79.5 Å². The molecule has 1 saturated carbocycles. The van der Waals surface area contributed by atoms with Crippen molar-refractivity contribution in [3.05, 3.63) is 47.8 Å². The van der Waals surface area contributed by atoms with Gasteiger partial charge in [0, 0.05) is 23.3 Å². The Balaban J connectivity index is 0.000000170. The van der Waals surface area contributed by atoms with Gasteiger partial charge >= 0.3 is 5.69 Å². The first-order chi connectivity index (χ1) is 19.4. The quantitative estimate of drug-likeness (QED) is 0.218. The normalized spacial score (nSPS) is 23.6. The summed E-state index contributed by atoms with van der Waals surface area (Å²) in [6, 6.07) is 4.47. The number of nitrogens with two attached hydrogens (primary N) is 1. The van der Waals surface area contributed by atoms with E-state index in [1.165, 1.54) is 25.7 Å². The van der Waals surface area contributed by atoms with Crippen molar-refractivity contribution < 1.29 is 20.1 Å². The maximum absolute atomic E-state index is 11.5. The van der Waals surface area contributed by atoms with E-state index in [0.29, 0.717) is 12.3 Å². The van der Waals surface area contributed by atoms with Gasteiger partial charge < -0.3 is 30.8 Å². The molecule has 1 saturated heterocycles. The van der Waals surface area contributed by atoms with Gasteiger partial charge in [0.15, 0.2) is 6.23 Å². The Morgan fingerprint density at radius 2 is 2.02 bits per heavy atom. The lowest BCUT2D eigenvalue weighted by atomic mass is 9.96. The van der Waals surface area contributed by atoms with Crippen molar-refractivity contribution in [3.63, 3.8) is 0 Å². The molecule has 1 aliphatic heterocycles. The van der Waals surface area contributed by atoms with Crippen LogP contribution in [0.3, 0.4) is 0 Å². The van der Waals surface area contributed by atoms with Gasteiger partial charge in [0.1, 0.15) is 36.6 Å². The second-order valence-corrected chi connectivity index (χ2v) is 9.78. The topological polar surface area (TPSA) is 227 Å². The Bertz CT molecular complexity index is 1540. The molecular formula is C25H30N10O5. The summed E-state index contributed by atoms with van der Waals surface area (Å²) in [7, 11) is 0. The highest BCUT2D eigenvalue weighted by Crippen LogP contribution is 2.36. The number of nitriles is 1. The van der Waals surface area contributed by atoms with E-state index in [-0.39, 0.29) is 12.0 Å². The number of hydrogen-bond donors (Lipinski definition) is 5. The number of nitrogen functional groups attached to an aromatic ring is 1. The van der Waals surface area contributed by atoms with E-state index in [0.717, 1.165) is 33.2 Å². The van der Waals surface area contributed by atoms with Crippen LogP contribution in [0.15, 0.2) is 42.1 Å². The number of aromatic nitrogens is 8. The number of fused-ring (bicyclic) bond motifs is 1. The summed E-state index contributed by atoms with van der Waals surface area (Å²) in [6.45, 7) is -0.473. The van der Waals surface area contributed by atoms with Gasteiger partial charge in [-0.15, -0.1) is 0 Å².